The van der Waals surface area contributed by atoms with E-state index in [1.54, 1.807) is 0 Å². The van der Waals surface area contributed by atoms with Crippen LogP contribution in [0.3, 0.4) is 0 Å². The Labute approximate surface area is 164 Å². The lowest BCUT2D eigenvalue weighted by atomic mass is 9.91. The van der Waals surface area contributed by atoms with Gasteiger partial charge in [0.25, 0.3) is 0 Å². The molecule has 4 heterocycles. The van der Waals surface area contributed by atoms with Crippen LogP contribution in [0.2, 0.25) is 0 Å². The third kappa shape index (κ3) is 2.76. The highest BCUT2D eigenvalue weighted by atomic mass is 16.2. The molecule has 0 radical (unpaired) electrons. The number of pyridine rings is 1. The minimum atomic E-state index is -0.0208. The number of nitrogens with zero attached hydrogens (tertiary/aromatic N) is 2. The fraction of sp³-hybridized carbons (Fsp3) is 0.364. The van der Waals surface area contributed by atoms with Crippen molar-refractivity contribution in [3.8, 4) is 11.1 Å². The van der Waals surface area contributed by atoms with Crippen LogP contribution < -0.4 is 10.6 Å². The summed E-state index contributed by atoms with van der Waals surface area (Å²) in [5.74, 6) is 0. The molecular weight excluding hydrogens is 350 g/mol. The quantitative estimate of drug-likeness (QED) is 0.638. The number of nitrogens with one attached hydrogen (secondary N) is 3. The lowest BCUT2D eigenvalue weighted by Crippen LogP contribution is -2.39. The van der Waals surface area contributed by atoms with E-state index in [1.165, 1.54) is 23.1 Å². The number of rotatable bonds is 3. The molecule has 6 heteroatoms. The standard InChI is InChI=1S/C22H25N5O/c1-3-27-12-18-17(19-5-4-6-23-19)7-14(9-20(18)26-22(27)28)15-8-16-13(2)10-24-21(16)25-11-15/h7-11,19,23H,3-6,12H2,1-2H3,(H,24,25)(H,26,28). The van der Waals surface area contributed by atoms with E-state index in [-0.39, 0.29) is 6.03 Å². The normalized spacial score (nSPS) is 19.1. The number of benzene rings is 1. The van der Waals surface area contributed by atoms with Crippen LogP contribution in [0.1, 0.15) is 42.5 Å². The topological polar surface area (TPSA) is 73.1 Å². The molecule has 3 N–H and O–H groups in total. The molecule has 2 amide bonds. The minimum Gasteiger partial charge on any atom is -0.346 e. The summed E-state index contributed by atoms with van der Waals surface area (Å²) in [4.78, 5) is 22.1. The van der Waals surface area contributed by atoms with Crippen molar-refractivity contribution >= 4 is 22.8 Å². The second-order valence-corrected chi connectivity index (χ2v) is 7.78. The molecule has 1 unspecified atom stereocenters. The second kappa shape index (κ2) is 6.63. The average Bonchev–Trinajstić information content (AvgIpc) is 3.37. The number of aromatic nitrogens is 2. The van der Waals surface area contributed by atoms with Gasteiger partial charge in [0.2, 0.25) is 0 Å². The Morgan fingerprint density at radius 1 is 1.25 bits per heavy atom. The summed E-state index contributed by atoms with van der Waals surface area (Å²) in [5.41, 5.74) is 7.73. The van der Waals surface area contributed by atoms with Gasteiger partial charge in [-0.25, -0.2) is 9.78 Å². The van der Waals surface area contributed by atoms with E-state index in [4.69, 9.17) is 0 Å². The van der Waals surface area contributed by atoms with Crippen LogP contribution in [0.5, 0.6) is 0 Å². The maximum Gasteiger partial charge on any atom is 0.322 e. The summed E-state index contributed by atoms with van der Waals surface area (Å²) in [6, 6.07) is 6.90. The number of fused-ring (bicyclic) bond motifs is 2. The van der Waals surface area contributed by atoms with Gasteiger partial charge in [0.05, 0.1) is 0 Å². The Balaban J connectivity index is 1.66. The van der Waals surface area contributed by atoms with E-state index in [1.807, 2.05) is 24.2 Å². The number of carbonyl (C=O) groups excluding carboxylic acids is 1. The summed E-state index contributed by atoms with van der Waals surface area (Å²) in [7, 11) is 0. The van der Waals surface area contributed by atoms with Gasteiger partial charge in [-0.3, -0.25) is 0 Å². The first kappa shape index (κ1) is 17.3. The number of aromatic amines is 1. The molecule has 0 bridgehead atoms. The molecule has 1 saturated heterocycles. The van der Waals surface area contributed by atoms with Crippen LogP contribution in [0.4, 0.5) is 10.5 Å². The number of hydrogen-bond donors (Lipinski definition) is 3. The van der Waals surface area contributed by atoms with Gasteiger partial charge < -0.3 is 20.5 Å². The van der Waals surface area contributed by atoms with E-state index in [9.17, 15) is 4.79 Å². The minimum absolute atomic E-state index is 0.0208. The van der Waals surface area contributed by atoms with E-state index in [0.29, 0.717) is 19.1 Å². The van der Waals surface area contributed by atoms with Gasteiger partial charge in [-0.15, -0.1) is 0 Å². The molecule has 2 aliphatic heterocycles. The van der Waals surface area contributed by atoms with Gasteiger partial charge in [0, 0.05) is 48.2 Å². The highest BCUT2D eigenvalue weighted by Crippen LogP contribution is 2.38. The van der Waals surface area contributed by atoms with Crippen molar-refractivity contribution in [3.05, 3.63) is 47.3 Å². The Morgan fingerprint density at radius 3 is 2.93 bits per heavy atom. The van der Waals surface area contributed by atoms with Crippen molar-refractivity contribution in [1.29, 1.82) is 0 Å². The van der Waals surface area contributed by atoms with Gasteiger partial charge in [0.15, 0.2) is 0 Å². The van der Waals surface area contributed by atoms with E-state index >= 15 is 0 Å². The first-order chi connectivity index (χ1) is 13.6. The fourth-order valence-corrected chi connectivity index (χ4v) is 4.41. The van der Waals surface area contributed by atoms with Crippen molar-refractivity contribution in [2.24, 2.45) is 0 Å². The van der Waals surface area contributed by atoms with Crippen LogP contribution in [-0.2, 0) is 6.54 Å². The Bertz CT molecular complexity index is 1060. The lowest BCUT2D eigenvalue weighted by Gasteiger charge is -2.32. The van der Waals surface area contributed by atoms with Crippen LogP contribution >= 0.6 is 0 Å². The fourth-order valence-electron chi connectivity index (χ4n) is 4.41. The molecule has 2 aliphatic rings. The molecule has 2 aromatic heterocycles. The van der Waals surface area contributed by atoms with E-state index < -0.39 is 0 Å². The first-order valence-electron chi connectivity index (χ1n) is 10.0. The molecule has 0 saturated carbocycles. The maximum atomic E-state index is 12.4. The summed E-state index contributed by atoms with van der Waals surface area (Å²) < 4.78 is 0. The summed E-state index contributed by atoms with van der Waals surface area (Å²) in [5, 5.41) is 7.88. The number of aryl methyl sites for hydroxylation is 1. The third-order valence-corrected chi connectivity index (χ3v) is 6.05. The van der Waals surface area contributed by atoms with Gasteiger partial charge >= 0.3 is 6.03 Å². The van der Waals surface area contributed by atoms with Crippen molar-refractivity contribution in [3.63, 3.8) is 0 Å². The third-order valence-electron chi connectivity index (χ3n) is 6.05. The molecule has 0 aliphatic carbocycles. The number of H-pyrrole nitrogens is 1. The van der Waals surface area contributed by atoms with Crippen LogP contribution in [0, 0.1) is 6.92 Å². The monoisotopic (exact) mass is 375 g/mol. The number of carbonyl (C=O) groups is 1. The highest BCUT2D eigenvalue weighted by molar-refractivity contribution is 5.94. The zero-order valence-corrected chi connectivity index (χ0v) is 16.3. The van der Waals surface area contributed by atoms with E-state index in [0.717, 1.165) is 40.8 Å². The second-order valence-electron chi connectivity index (χ2n) is 7.78. The Kier molecular flexibility index (Phi) is 4.09. The van der Waals surface area contributed by atoms with Crippen LogP contribution in [-0.4, -0.2) is 34.0 Å². The molecule has 3 aromatic rings. The van der Waals surface area contributed by atoms with Crippen molar-refractivity contribution in [1.82, 2.24) is 20.2 Å². The number of hydrogen-bond acceptors (Lipinski definition) is 3. The summed E-state index contributed by atoms with van der Waals surface area (Å²) in [6.07, 6.45) is 6.21. The Hall–Kier alpha value is -2.86. The van der Waals surface area contributed by atoms with Crippen molar-refractivity contribution < 1.29 is 4.79 Å². The lowest BCUT2D eigenvalue weighted by molar-refractivity contribution is 0.209. The Morgan fingerprint density at radius 2 is 2.14 bits per heavy atom. The molecule has 144 valence electrons. The molecule has 1 aromatic carbocycles. The van der Waals surface area contributed by atoms with E-state index in [2.05, 4.69) is 45.7 Å². The van der Waals surface area contributed by atoms with Gasteiger partial charge in [0.1, 0.15) is 5.65 Å². The van der Waals surface area contributed by atoms with Crippen LogP contribution in [0.15, 0.2) is 30.6 Å². The molecule has 0 spiro atoms. The molecular formula is C22H25N5O. The summed E-state index contributed by atoms with van der Waals surface area (Å²) >= 11 is 0. The van der Waals surface area contributed by atoms with Gasteiger partial charge in [-0.05, 0) is 73.7 Å². The molecule has 1 atom stereocenters. The average molecular weight is 375 g/mol. The zero-order valence-electron chi connectivity index (χ0n) is 16.3. The molecule has 5 rings (SSSR count). The van der Waals surface area contributed by atoms with Gasteiger partial charge in [-0.2, -0.15) is 0 Å². The molecule has 6 nitrogen and oxygen atoms in total. The predicted molar refractivity (Wildman–Crippen MR) is 111 cm³/mol. The SMILES string of the molecule is CCN1Cc2c(cc(-c3cnc4[nH]cc(C)c4c3)cc2C2CCCN2)NC1=O. The predicted octanol–water partition coefficient (Wildman–Crippen LogP) is 4.33. The van der Waals surface area contributed by atoms with Crippen molar-refractivity contribution in [2.75, 3.05) is 18.4 Å². The molecule has 1 fully saturated rings. The zero-order chi connectivity index (χ0) is 19.3. The first-order valence-corrected chi connectivity index (χ1v) is 10.0. The van der Waals surface area contributed by atoms with Crippen molar-refractivity contribution in [2.45, 2.75) is 39.3 Å². The van der Waals surface area contributed by atoms with Gasteiger partial charge in [-0.1, -0.05) is 0 Å². The number of anilines is 1. The largest absolute Gasteiger partial charge is 0.346 e. The number of amides is 2. The smallest absolute Gasteiger partial charge is 0.322 e. The highest BCUT2D eigenvalue weighted by Gasteiger charge is 2.28. The summed E-state index contributed by atoms with van der Waals surface area (Å²) in [6.45, 7) is 6.53. The van der Waals surface area contributed by atoms with Crippen LogP contribution in [0.25, 0.3) is 22.2 Å². The molecule has 28 heavy (non-hydrogen) atoms. The number of urea groups is 1. The maximum absolute atomic E-state index is 12.4.